The lowest BCUT2D eigenvalue weighted by Crippen LogP contribution is -2.09. The normalized spacial score (nSPS) is 17.6. The van der Waals surface area contributed by atoms with Crippen molar-refractivity contribution in [3.05, 3.63) is 65.7 Å². The van der Waals surface area contributed by atoms with Crippen molar-refractivity contribution >= 4 is 22.6 Å². The van der Waals surface area contributed by atoms with Gasteiger partial charge < -0.3 is 5.32 Å². The van der Waals surface area contributed by atoms with Gasteiger partial charge in [-0.3, -0.25) is 4.99 Å². The van der Waals surface area contributed by atoms with E-state index >= 15 is 0 Å². The first-order valence-corrected chi connectivity index (χ1v) is 8.43. The summed E-state index contributed by atoms with van der Waals surface area (Å²) in [5, 5.41) is 4.54. The van der Waals surface area contributed by atoms with E-state index in [1.165, 1.54) is 16.8 Å². The monoisotopic (exact) mass is 296 g/mol. The quantitative estimate of drug-likeness (QED) is 0.905. The third kappa shape index (κ3) is 3.67. The van der Waals surface area contributed by atoms with E-state index in [9.17, 15) is 0 Å². The summed E-state index contributed by atoms with van der Waals surface area (Å²) in [6.45, 7) is 2.18. The molecule has 0 bridgehead atoms. The molecule has 1 heterocycles. The van der Waals surface area contributed by atoms with Crippen LogP contribution in [0.5, 0.6) is 0 Å². The lowest BCUT2D eigenvalue weighted by molar-refractivity contribution is 0.762. The second kappa shape index (κ2) is 6.81. The highest BCUT2D eigenvalue weighted by Gasteiger charge is 2.19. The molecule has 1 atom stereocenters. The van der Waals surface area contributed by atoms with Crippen LogP contribution in [0.4, 0.5) is 5.69 Å². The lowest BCUT2D eigenvalue weighted by atomic mass is 10.1. The van der Waals surface area contributed by atoms with Crippen LogP contribution >= 0.6 is 11.8 Å². The molecular formula is C18H20N2S. The van der Waals surface area contributed by atoms with Crippen LogP contribution in [0.3, 0.4) is 0 Å². The van der Waals surface area contributed by atoms with Crippen molar-refractivity contribution in [2.24, 2.45) is 4.99 Å². The van der Waals surface area contributed by atoms with Crippen molar-refractivity contribution < 1.29 is 0 Å². The minimum Gasteiger partial charge on any atom is -0.335 e. The van der Waals surface area contributed by atoms with Crippen molar-refractivity contribution in [3.8, 4) is 0 Å². The fourth-order valence-corrected chi connectivity index (χ4v) is 3.49. The summed E-state index contributed by atoms with van der Waals surface area (Å²) >= 11 is 1.82. The molecule has 108 valence electrons. The number of amidine groups is 1. The average Bonchev–Trinajstić information content (AvgIpc) is 2.96. The molecule has 0 aliphatic carbocycles. The molecule has 3 heteroatoms. The molecule has 0 spiro atoms. The Morgan fingerprint density at radius 2 is 1.86 bits per heavy atom. The average molecular weight is 296 g/mol. The van der Waals surface area contributed by atoms with Gasteiger partial charge in [0.05, 0.1) is 6.04 Å². The highest BCUT2D eigenvalue weighted by atomic mass is 32.2. The van der Waals surface area contributed by atoms with E-state index in [4.69, 9.17) is 4.99 Å². The molecule has 0 amide bonds. The van der Waals surface area contributed by atoms with Crippen LogP contribution in [0.2, 0.25) is 0 Å². The third-order valence-electron chi connectivity index (χ3n) is 3.67. The van der Waals surface area contributed by atoms with Crippen molar-refractivity contribution in [1.82, 2.24) is 0 Å². The Hall–Kier alpha value is -1.74. The number of thioether (sulfide) groups is 1. The van der Waals surface area contributed by atoms with Gasteiger partial charge in [-0.25, -0.2) is 0 Å². The van der Waals surface area contributed by atoms with Gasteiger partial charge in [0.1, 0.15) is 0 Å². The molecule has 0 fully saturated rings. The predicted molar refractivity (Wildman–Crippen MR) is 93.3 cm³/mol. The van der Waals surface area contributed by atoms with Crippen LogP contribution in [0, 0.1) is 0 Å². The van der Waals surface area contributed by atoms with Gasteiger partial charge in [-0.15, -0.1) is 0 Å². The Bertz CT molecular complexity index is 622. The second-order valence-corrected chi connectivity index (χ2v) is 6.23. The molecule has 0 saturated carbocycles. The molecule has 1 N–H and O–H groups in total. The molecule has 0 saturated heterocycles. The first-order valence-electron chi connectivity index (χ1n) is 7.44. The van der Waals surface area contributed by atoms with Crippen LogP contribution < -0.4 is 5.32 Å². The van der Waals surface area contributed by atoms with Crippen LogP contribution in [-0.2, 0) is 12.8 Å². The molecule has 21 heavy (non-hydrogen) atoms. The summed E-state index contributed by atoms with van der Waals surface area (Å²) in [6.07, 6.45) is 2.06. The lowest BCUT2D eigenvalue weighted by Gasteiger charge is -2.09. The third-order valence-corrected chi connectivity index (χ3v) is 4.70. The smallest absolute Gasteiger partial charge is 0.161 e. The number of benzene rings is 2. The zero-order valence-electron chi connectivity index (χ0n) is 12.3. The van der Waals surface area contributed by atoms with Gasteiger partial charge in [-0.1, -0.05) is 67.2 Å². The largest absolute Gasteiger partial charge is 0.335 e. The molecule has 1 aliphatic heterocycles. The Kier molecular flexibility index (Phi) is 4.61. The van der Waals surface area contributed by atoms with E-state index in [1.54, 1.807) is 0 Å². The topological polar surface area (TPSA) is 24.4 Å². The Morgan fingerprint density at radius 1 is 1.10 bits per heavy atom. The summed E-state index contributed by atoms with van der Waals surface area (Å²) in [6, 6.07) is 19.5. The molecule has 0 aromatic heterocycles. The van der Waals surface area contributed by atoms with Gasteiger partial charge in [0, 0.05) is 11.4 Å². The standard InChI is InChI=1S/C18H20N2S/c1-2-15-10-6-7-11-17(15)20-18-19-16(13-21-18)12-14-8-4-3-5-9-14/h3-11,16H,2,12-13H2,1H3,(H,19,20). The summed E-state index contributed by atoms with van der Waals surface area (Å²) in [5.41, 5.74) is 3.89. The van der Waals surface area contributed by atoms with Crippen molar-refractivity contribution in [2.45, 2.75) is 25.8 Å². The highest BCUT2D eigenvalue weighted by molar-refractivity contribution is 8.14. The minimum atomic E-state index is 0.383. The fraction of sp³-hybridized carbons (Fsp3) is 0.278. The summed E-state index contributed by atoms with van der Waals surface area (Å²) in [5.74, 6) is 1.06. The molecule has 2 nitrogen and oxygen atoms in total. The molecule has 2 aromatic rings. The number of nitrogens with one attached hydrogen (secondary N) is 1. The van der Waals surface area contributed by atoms with E-state index in [0.29, 0.717) is 6.04 Å². The Labute approximate surface area is 130 Å². The molecular weight excluding hydrogens is 276 g/mol. The number of anilines is 1. The van der Waals surface area contributed by atoms with Gasteiger partial charge in [0.15, 0.2) is 5.17 Å². The van der Waals surface area contributed by atoms with E-state index in [0.717, 1.165) is 23.8 Å². The predicted octanol–water partition coefficient (Wildman–Crippen LogP) is 4.38. The Balaban J connectivity index is 1.66. The summed E-state index contributed by atoms with van der Waals surface area (Å²) < 4.78 is 0. The van der Waals surface area contributed by atoms with Crippen molar-refractivity contribution in [3.63, 3.8) is 0 Å². The number of aliphatic imine (C=N–C) groups is 1. The Morgan fingerprint density at radius 3 is 2.67 bits per heavy atom. The van der Waals surface area contributed by atoms with Crippen LogP contribution in [0.15, 0.2) is 59.6 Å². The maximum atomic E-state index is 4.82. The van der Waals surface area contributed by atoms with E-state index < -0.39 is 0 Å². The number of hydrogen-bond donors (Lipinski definition) is 1. The molecule has 1 unspecified atom stereocenters. The van der Waals surface area contributed by atoms with E-state index in [2.05, 4.69) is 66.8 Å². The van der Waals surface area contributed by atoms with Crippen molar-refractivity contribution in [1.29, 1.82) is 0 Å². The maximum absolute atomic E-state index is 4.82. The second-order valence-electron chi connectivity index (χ2n) is 5.22. The fourth-order valence-electron chi connectivity index (χ4n) is 2.54. The minimum absolute atomic E-state index is 0.383. The first-order chi connectivity index (χ1) is 10.3. The van der Waals surface area contributed by atoms with Gasteiger partial charge in [-0.05, 0) is 30.0 Å². The zero-order valence-corrected chi connectivity index (χ0v) is 13.1. The molecule has 1 aliphatic rings. The highest BCUT2D eigenvalue weighted by Crippen LogP contribution is 2.24. The van der Waals surface area contributed by atoms with Gasteiger partial charge in [-0.2, -0.15) is 0 Å². The number of hydrogen-bond acceptors (Lipinski definition) is 3. The summed E-state index contributed by atoms with van der Waals surface area (Å²) in [4.78, 5) is 4.82. The maximum Gasteiger partial charge on any atom is 0.161 e. The molecule has 3 rings (SSSR count). The zero-order chi connectivity index (χ0) is 14.5. The van der Waals surface area contributed by atoms with Gasteiger partial charge in [0.2, 0.25) is 0 Å². The molecule has 0 radical (unpaired) electrons. The number of para-hydroxylation sites is 1. The summed E-state index contributed by atoms with van der Waals surface area (Å²) in [7, 11) is 0. The van der Waals surface area contributed by atoms with Gasteiger partial charge in [0.25, 0.3) is 0 Å². The SMILES string of the molecule is CCc1ccccc1NC1=NC(Cc2ccccc2)CS1. The van der Waals surface area contributed by atoms with Crippen LogP contribution in [0.25, 0.3) is 0 Å². The van der Waals surface area contributed by atoms with E-state index in [1.807, 2.05) is 11.8 Å². The first kappa shape index (κ1) is 14.2. The molecule has 2 aromatic carbocycles. The number of aryl methyl sites for hydroxylation is 1. The number of rotatable bonds is 4. The van der Waals surface area contributed by atoms with Gasteiger partial charge >= 0.3 is 0 Å². The van der Waals surface area contributed by atoms with Crippen LogP contribution in [-0.4, -0.2) is 17.0 Å². The van der Waals surface area contributed by atoms with Crippen molar-refractivity contribution in [2.75, 3.05) is 11.1 Å². The van der Waals surface area contributed by atoms with Crippen LogP contribution in [0.1, 0.15) is 18.1 Å². The number of nitrogens with zero attached hydrogens (tertiary/aromatic N) is 1. The van der Waals surface area contributed by atoms with E-state index in [-0.39, 0.29) is 0 Å².